The Morgan fingerprint density at radius 2 is 1.75 bits per heavy atom. The summed E-state index contributed by atoms with van der Waals surface area (Å²) in [7, 11) is -3.69. The zero-order valence-corrected chi connectivity index (χ0v) is 18.4. The summed E-state index contributed by atoms with van der Waals surface area (Å²) in [6, 6.07) is 11.4. The highest BCUT2D eigenvalue weighted by Gasteiger charge is 2.32. The predicted molar refractivity (Wildman–Crippen MR) is 117 cm³/mol. The molecule has 0 spiro atoms. The van der Waals surface area contributed by atoms with Crippen LogP contribution in [-0.4, -0.2) is 26.6 Å². The first kappa shape index (κ1) is 22.2. The van der Waals surface area contributed by atoms with Gasteiger partial charge in [-0.25, -0.2) is 8.42 Å². The molecule has 28 heavy (non-hydrogen) atoms. The van der Waals surface area contributed by atoms with E-state index < -0.39 is 16.1 Å². The highest BCUT2D eigenvalue weighted by molar-refractivity contribution is 7.92. The molecule has 1 atom stereocenters. The number of carbonyl (C=O) groups excluding carboxylic acids is 1. The smallest absolute Gasteiger partial charge is 0.248 e. The standard InChI is InChI=1S/C21H27ClN2O3S/c1-6-19(24(28(5,26)27)17-12-10-16(22)11-13-17)21(25)23-20-15(4)8-7-9-18(20)14(2)3/h7-14,19H,6H2,1-5H3,(H,23,25)/t19-/m1/s1. The maximum atomic E-state index is 13.2. The molecule has 0 aliphatic rings. The van der Waals surface area contributed by atoms with Crippen LogP contribution in [0.2, 0.25) is 5.02 Å². The molecule has 5 nitrogen and oxygen atoms in total. The van der Waals surface area contributed by atoms with E-state index in [0.29, 0.717) is 17.1 Å². The minimum absolute atomic E-state index is 0.220. The number of anilines is 2. The van der Waals surface area contributed by atoms with Crippen LogP contribution in [-0.2, 0) is 14.8 Å². The van der Waals surface area contributed by atoms with Gasteiger partial charge in [0.2, 0.25) is 15.9 Å². The summed E-state index contributed by atoms with van der Waals surface area (Å²) in [5.74, 6) is -0.142. The van der Waals surface area contributed by atoms with Gasteiger partial charge in [-0.15, -0.1) is 0 Å². The van der Waals surface area contributed by atoms with Gasteiger partial charge in [-0.1, -0.05) is 50.6 Å². The largest absolute Gasteiger partial charge is 0.324 e. The number of amides is 1. The lowest BCUT2D eigenvalue weighted by Gasteiger charge is -2.30. The van der Waals surface area contributed by atoms with E-state index in [1.54, 1.807) is 31.2 Å². The Balaban J connectivity index is 2.45. The van der Waals surface area contributed by atoms with E-state index in [1.807, 2.05) is 25.1 Å². The lowest BCUT2D eigenvalue weighted by atomic mass is 9.98. The van der Waals surface area contributed by atoms with Gasteiger partial charge in [0.1, 0.15) is 6.04 Å². The van der Waals surface area contributed by atoms with Crippen LogP contribution in [0.5, 0.6) is 0 Å². The van der Waals surface area contributed by atoms with Gasteiger partial charge in [-0.2, -0.15) is 0 Å². The summed E-state index contributed by atoms with van der Waals surface area (Å²) in [4.78, 5) is 13.2. The van der Waals surface area contributed by atoms with Crippen molar-refractivity contribution >= 4 is 38.9 Å². The molecule has 0 aromatic heterocycles. The summed E-state index contributed by atoms with van der Waals surface area (Å²) in [6.45, 7) is 7.83. The molecule has 2 aromatic rings. The van der Waals surface area contributed by atoms with Gasteiger partial charge in [0.15, 0.2) is 0 Å². The van der Waals surface area contributed by atoms with Crippen molar-refractivity contribution in [1.29, 1.82) is 0 Å². The Kier molecular flexibility index (Phi) is 7.12. The van der Waals surface area contributed by atoms with Crippen LogP contribution in [0.25, 0.3) is 0 Å². The van der Waals surface area contributed by atoms with Crippen LogP contribution >= 0.6 is 11.6 Å². The summed E-state index contributed by atoms with van der Waals surface area (Å²) in [5.41, 5.74) is 3.10. The molecule has 0 unspecified atom stereocenters. The fraction of sp³-hybridized carbons (Fsp3) is 0.381. The van der Waals surface area contributed by atoms with Gasteiger partial charge in [-0.3, -0.25) is 9.10 Å². The van der Waals surface area contributed by atoms with E-state index >= 15 is 0 Å². The van der Waals surface area contributed by atoms with Crippen molar-refractivity contribution in [3.63, 3.8) is 0 Å². The number of nitrogens with one attached hydrogen (secondary N) is 1. The molecule has 0 aliphatic carbocycles. The molecule has 0 aliphatic heterocycles. The first-order valence-corrected chi connectivity index (χ1v) is 11.4. The van der Waals surface area contributed by atoms with Crippen molar-refractivity contribution in [2.45, 2.75) is 46.1 Å². The minimum atomic E-state index is -3.69. The molecule has 0 radical (unpaired) electrons. The summed E-state index contributed by atoms with van der Waals surface area (Å²) in [6.07, 6.45) is 1.43. The van der Waals surface area contributed by atoms with E-state index in [2.05, 4.69) is 19.2 Å². The predicted octanol–water partition coefficient (Wildman–Crippen LogP) is 4.96. The molecule has 0 bridgehead atoms. The van der Waals surface area contributed by atoms with Crippen molar-refractivity contribution < 1.29 is 13.2 Å². The number of nitrogens with zero attached hydrogens (tertiary/aromatic N) is 1. The summed E-state index contributed by atoms with van der Waals surface area (Å²) in [5, 5.41) is 3.47. The fourth-order valence-corrected chi connectivity index (χ4v) is 4.53. The van der Waals surface area contributed by atoms with E-state index in [4.69, 9.17) is 11.6 Å². The third kappa shape index (κ3) is 5.06. The quantitative estimate of drug-likeness (QED) is 0.686. The van der Waals surface area contributed by atoms with Crippen LogP contribution in [0.4, 0.5) is 11.4 Å². The summed E-state index contributed by atoms with van der Waals surface area (Å²) < 4.78 is 26.2. The number of carbonyl (C=O) groups is 1. The second-order valence-electron chi connectivity index (χ2n) is 7.14. The van der Waals surface area contributed by atoms with E-state index in [9.17, 15) is 13.2 Å². The molecule has 7 heteroatoms. The average molecular weight is 423 g/mol. The van der Waals surface area contributed by atoms with E-state index in [-0.39, 0.29) is 11.8 Å². The second-order valence-corrected chi connectivity index (χ2v) is 9.44. The normalized spacial score (nSPS) is 12.7. The molecule has 1 N–H and O–H groups in total. The average Bonchev–Trinajstić information content (AvgIpc) is 2.61. The molecule has 0 heterocycles. The number of aryl methyl sites for hydroxylation is 1. The number of sulfonamides is 1. The van der Waals surface area contributed by atoms with Crippen molar-refractivity contribution in [2.75, 3.05) is 15.9 Å². The first-order chi connectivity index (χ1) is 13.1. The number of para-hydroxylation sites is 1. The minimum Gasteiger partial charge on any atom is -0.324 e. The van der Waals surface area contributed by atoms with Gasteiger partial charge in [0.25, 0.3) is 0 Å². The Labute approximate surface area is 172 Å². The maximum Gasteiger partial charge on any atom is 0.248 e. The highest BCUT2D eigenvalue weighted by atomic mass is 35.5. The number of hydrogen-bond acceptors (Lipinski definition) is 3. The third-order valence-corrected chi connectivity index (χ3v) is 6.02. The van der Waals surface area contributed by atoms with Crippen LogP contribution in [0.1, 0.15) is 44.2 Å². The molecule has 2 rings (SSSR count). The van der Waals surface area contributed by atoms with E-state index in [1.165, 1.54) is 0 Å². The molecule has 0 saturated heterocycles. The van der Waals surface area contributed by atoms with Gasteiger partial charge < -0.3 is 5.32 Å². The van der Waals surface area contributed by atoms with Gasteiger partial charge >= 0.3 is 0 Å². The Morgan fingerprint density at radius 3 is 2.25 bits per heavy atom. The van der Waals surface area contributed by atoms with Crippen LogP contribution in [0, 0.1) is 6.92 Å². The van der Waals surface area contributed by atoms with Crippen LogP contribution < -0.4 is 9.62 Å². The van der Waals surface area contributed by atoms with Crippen molar-refractivity contribution in [1.82, 2.24) is 0 Å². The lowest BCUT2D eigenvalue weighted by Crippen LogP contribution is -2.47. The Hall–Kier alpha value is -2.05. The van der Waals surface area contributed by atoms with Crippen molar-refractivity contribution in [3.8, 4) is 0 Å². The topological polar surface area (TPSA) is 66.5 Å². The van der Waals surface area contributed by atoms with Crippen molar-refractivity contribution in [2.24, 2.45) is 0 Å². The third-order valence-electron chi connectivity index (χ3n) is 4.59. The molecule has 1 amide bonds. The Morgan fingerprint density at radius 1 is 1.14 bits per heavy atom. The number of hydrogen-bond donors (Lipinski definition) is 1. The molecule has 0 saturated carbocycles. The van der Waals surface area contributed by atoms with Crippen molar-refractivity contribution in [3.05, 3.63) is 58.6 Å². The molecule has 0 fully saturated rings. The SMILES string of the molecule is CC[C@H](C(=O)Nc1c(C)cccc1C(C)C)N(c1ccc(Cl)cc1)S(C)(=O)=O. The summed E-state index contributed by atoms with van der Waals surface area (Å²) >= 11 is 5.93. The fourth-order valence-electron chi connectivity index (χ4n) is 3.20. The first-order valence-electron chi connectivity index (χ1n) is 9.21. The van der Waals surface area contributed by atoms with Crippen LogP contribution in [0.3, 0.4) is 0 Å². The highest BCUT2D eigenvalue weighted by Crippen LogP contribution is 2.29. The van der Waals surface area contributed by atoms with Gasteiger partial charge in [0, 0.05) is 10.7 Å². The van der Waals surface area contributed by atoms with Gasteiger partial charge in [-0.05, 0) is 54.7 Å². The zero-order valence-electron chi connectivity index (χ0n) is 16.9. The van der Waals surface area contributed by atoms with Gasteiger partial charge in [0.05, 0.1) is 11.9 Å². The molecule has 2 aromatic carbocycles. The second kappa shape index (κ2) is 8.97. The molecular formula is C21H27ClN2O3S. The van der Waals surface area contributed by atoms with E-state index in [0.717, 1.165) is 27.4 Å². The Bertz CT molecular complexity index is 941. The number of benzene rings is 2. The monoisotopic (exact) mass is 422 g/mol. The molecule has 152 valence electrons. The molecular weight excluding hydrogens is 396 g/mol. The number of rotatable bonds is 7. The number of halogens is 1. The van der Waals surface area contributed by atoms with Crippen LogP contribution in [0.15, 0.2) is 42.5 Å². The lowest BCUT2D eigenvalue weighted by molar-refractivity contribution is -0.117. The maximum absolute atomic E-state index is 13.2. The zero-order chi connectivity index (χ0) is 21.1.